The van der Waals surface area contributed by atoms with E-state index in [1.54, 1.807) is 18.2 Å². The van der Waals surface area contributed by atoms with E-state index in [-0.39, 0.29) is 13.2 Å². The van der Waals surface area contributed by atoms with Crippen LogP contribution in [0.2, 0.25) is 5.02 Å². The Morgan fingerprint density at radius 1 is 1.32 bits per heavy atom. The van der Waals surface area contributed by atoms with Crippen LogP contribution in [0.4, 0.5) is 5.69 Å². The van der Waals surface area contributed by atoms with E-state index in [1.165, 1.54) is 0 Å². The number of nitrogens with one attached hydrogen (secondary N) is 1. The number of hydrogen-bond donors (Lipinski definition) is 2. The predicted molar refractivity (Wildman–Crippen MR) is 87.3 cm³/mol. The van der Waals surface area contributed by atoms with Gasteiger partial charge in [-0.15, -0.1) is 0 Å². The molecule has 0 saturated carbocycles. The Bertz CT molecular complexity index is 683. The molecule has 0 aliphatic carbocycles. The Morgan fingerprint density at radius 3 is 2.86 bits per heavy atom. The second-order valence-corrected chi connectivity index (χ2v) is 5.40. The van der Waals surface area contributed by atoms with Crippen LogP contribution in [0, 0.1) is 18.3 Å². The summed E-state index contributed by atoms with van der Waals surface area (Å²) in [6.07, 6.45) is -0.692. The highest BCUT2D eigenvalue weighted by molar-refractivity contribution is 6.30. The number of aliphatic hydroxyl groups excluding tert-OH is 1. The minimum atomic E-state index is -0.692. The van der Waals surface area contributed by atoms with E-state index in [0.29, 0.717) is 16.3 Å². The van der Waals surface area contributed by atoms with Gasteiger partial charge in [0.1, 0.15) is 24.5 Å². The highest BCUT2D eigenvalue weighted by Crippen LogP contribution is 2.19. The number of aliphatic hydroxyl groups is 1. The molecule has 2 N–H and O–H groups in total. The molecule has 0 fully saturated rings. The lowest BCUT2D eigenvalue weighted by atomic mass is 10.2. The summed E-state index contributed by atoms with van der Waals surface area (Å²) in [5, 5.41) is 22.5. The molecule has 5 heteroatoms. The number of halogens is 1. The Balaban J connectivity index is 1.85. The maximum Gasteiger partial charge on any atom is 0.119 e. The molecule has 4 nitrogen and oxygen atoms in total. The number of aryl methyl sites for hydroxylation is 1. The standard InChI is InChI=1S/C17H17ClN2O2/c1-12-3-2-4-16(7-12)22-11-15(21)10-20-17-6-5-14(18)8-13(17)9-19/h2-8,15,20-21H,10-11H2,1H3. The van der Waals surface area contributed by atoms with Crippen molar-refractivity contribution in [2.45, 2.75) is 13.0 Å². The van der Waals surface area contributed by atoms with Gasteiger partial charge in [-0.05, 0) is 42.8 Å². The van der Waals surface area contributed by atoms with Gasteiger partial charge >= 0.3 is 0 Å². The van der Waals surface area contributed by atoms with Crippen molar-refractivity contribution in [2.24, 2.45) is 0 Å². The third-order valence-corrected chi connectivity index (χ3v) is 3.30. The molecule has 2 aromatic rings. The molecule has 1 atom stereocenters. The molecule has 22 heavy (non-hydrogen) atoms. The van der Waals surface area contributed by atoms with Crippen LogP contribution >= 0.6 is 11.6 Å². The van der Waals surface area contributed by atoms with Crippen LogP contribution in [0.5, 0.6) is 5.75 Å². The fourth-order valence-corrected chi connectivity index (χ4v) is 2.12. The molecule has 0 bridgehead atoms. The van der Waals surface area contributed by atoms with Gasteiger partial charge in [-0.1, -0.05) is 23.7 Å². The summed E-state index contributed by atoms with van der Waals surface area (Å²) in [4.78, 5) is 0. The summed E-state index contributed by atoms with van der Waals surface area (Å²) in [5.74, 6) is 0.725. The van der Waals surface area contributed by atoms with E-state index >= 15 is 0 Å². The van der Waals surface area contributed by atoms with Gasteiger partial charge in [0.15, 0.2) is 0 Å². The molecule has 2 aromatic carbocycles. The Hall–Kier alpha value is -2.22. The molecule has 0 amide bonds. The van der Waals surface area contributed by atoms with Crippen LogP contribution in [0.3, 0.4) is 0 Å². The van der Waals surface area contributed by atoms with Crippen LogP contribution in [-0.2, 0) is 0 Å². The molecule has 0 saturated heterocycles. The van der Waals surface area contributed by atoms with Gasteiger partial charge in [-0.2, -0.15) is 5.26 Å². The average Bonchev–Trinajstić information content (AvgIpc) is 2.51. The Morgan fingerprint density at radius 2 is 2.14 bits per heavy atom. The van der Waals surface area contributed by atoms with Crippen molar-refractivity contribution in [1.29, 1.82) is 5.26 Å². The predicted octanol–water partition coefficient (Wildman–Crippen LogP) is 3.37. The zero-order chi connectivity index (χ0) is 15.9. The Labute approximate surface area is 134 Å². The minimum Gasteiger partial charge on any atom is -0.491 e. The normalized spacial score (nSPS) is 11.5. The first-order valence-corrected chi connectivity index (χ1v) is 7.27. The van der Waals surface area contributed by atoms with E-state index in [9.17, 15) is 5.11 Å². The summed E-state index contributed by atoms with van der Waals surface area (Å²) >= 11 is 5.84. The number of nitriles is 1. The van der Waals surface area contributed by atoms with Gasteiger partial charge in [0.05, 0.1) is 11.3 Å². The molecule has 1 unspecified atom stereocenters. The molecule has 0 aliphatic heterocycles. The maximum atomic E-state index is 9.96. The van der Waals surface area contributed by atoms with E-state index in [2.05, 4.69) is 11.4 Å². The first-order chi connectivity index (χ1) is 10.6. The number of ether oxygens (including phenoxy) is 1. The summed E-state index contributed by atoms with van der Waals surface area (Å²) in [5.41, 5.74) is 2.19. The third kappa shape index (κ3) is 4.66. The van der Waals surface area contributed by atoms with Gasteiger partial charge in [0, 0.05) is 11.6 Å². The molecular formula is C17H17ClN2O2. The number of nitrogens with zero attached hydrogens (tertiary/aromatic N) is 1. The van der Waals surface area contributed by atoms with Crippen LogP contribution < -0.4 is 10.1 Å². The van der Waals surface area contributed by atoms with Crippen molar-refractivity contribution < 1.29 is 9.84 Å². The first-order valence-electron chi connectivity index (χ1n) is 6.89. The average molecular weight is 317 g/mol. The van der Waals surface area contributed by atoms with Gasteiger partial charge in [-0.3, -0.25) is 0 Å². The van der Waals surface area contributed by atoms with Gasteiger partial charge < -0.3 is 15.2 Å². The highest BCUT2D eigenvalue weighted by atomic mass is 35.5. The molecule has 0 heterocycles. The van der Waals surface area contributed by atoms with E-state index in [0.717, 1.165) is 11.3 Å². The molecular weight excluding hydrogens is 300 g/mol. The maximum absolute atomic E-state index is 9.96. The smallest absolute Gasteiger partial charge is 0.119 e. The van der Waals surface area contributed by atoms with Gasteiger partial charge in [-0.25, -0.2) is 0 Å². The number of rotatable bonds is 6. The van der Waals surface area contributed by atoms with Gasteiger partial charge in [0.25, 0.3) is 0 Å². The summed E-state index contributed by atoms with van der Waals surface area (Å²) < 4.78 is 5.54. The molecule has 0 radical (unpaired) electrons. The molecule has 0 aliphatic rings. The zero-order valence-electron chi connectivity index (χ0n) is 12.2. The lowest BCUT2D eigenvalue weighted by Gasteiger charge is -2.15. The fourth-order valence-electron chi connectivity index (χ4n) is 1.95. The number of hydrogen-bond acceptors (Lipinski definition) is 4. The molecule has 114 valence electrons. The monoisotopic (exact) mass is 316 g/mol. The first kappa shape index (κ1) is 16.2. The number of anilines is 1. The van der Waals surface area contributed by atoms with Crippen molar-refractivity contribution in [2.75, 3.05) is 18.5 Å². The largest absolute Gasteiger partial charge is 0.491 e. The fraction of sp³-hybridized carbons (Fsp3) is 0.235. The Kier molecular flexibility index (Phi) is 5.65. The van der Waals surface area contributed by atoms with Crippen LogP contribution in [-0.4, -0.2) is 24.4 Å². The second-order valence-electron chi connectivity index (χ2n) is 4.96. The minimum absolute atomic E-state index is 0.173. The van der Waals surface area contributed by atoms with Crippen molar-refractivity contribution >= 4 is 17.3 Å². The van der Waals surface area contributed by atoms with Crippen LogP contribution in [0.25, 0.3) is 0 Å². The van der Waals surface area contributed by atoms with Crippen LogP contribution in [0.15, 0.2) is 42.5 Å². The second kappa shape index (κ2) is 7.69. The quantitative estimate of drug-likeness (QED) is 0.857. The molecule has 0 aromatic heterocycles. The lowest BCUT2D eigenvalue weighted by molar-refractivity contribution is 0.117. The topological polar surface area (TPSA) is 65.3 Å². The third-order valence-electron chi connectivity index (χ3n) is 3.06. The van der Waals surface area contributed by atoms with Gasteiger partial charge in [0.2, 0.25) is 0 Å². The van der Waals surface area contributed by atoms with E-state index in [1.807, 2.05) is 31.2 Å². The van der Waals surface area contributed by atoms with Crippen LogP contribution in [0.1, 0.15) is 11.1 Å². The van der Waals surface area contributed by atoms with Crippen molar-refractivity contribution in [3.8, 4) is 11.8 Å². The lowest BCUT2D eigenvalue weighted by Crippen LogP contribution is -2.26. The summed E-state index contributed by atoms with van der Waals surface area (Å²) in [7, 11) is 0. The van der Waals surface area contributed by atoms with E-state index < -0.39 is 6.10 Å². The van der Waals surface area contributed by atoms with E-state index in [4.69, 9.17) is 21.6 Å². The molecule has 0 spiro atoms. The van der Waals surface area contributed by atoms with Crippen molar-refractivity contribution in [1.82, 2.24) is 0 Å². The highest BCUT2D eigenvalue weighted by Gasteiger charge is 2.08. The van der Waals surface area contributed by atoms with Crippen molar-refractivity contribution in [3.05, 3.63) is 58.6 Å². The SMILES string of the molecule is Cc1cccc(OCC(O)CNc2ccc(Cl)cc2C#N)c1. The number of benzene rings is 2. The zero-order valence-corrected chi connectivity index (χ0v) is 13.0. The van der Waals surface area contributed by atoms with Crippen molar-refractivity contribution in [3.63, 3.8) is 0 Å². The summed E-state index contributed by atoms with van der Waals surface area (Å²) in [6.45, 7) is 2.43. The molecule has 2 rings (SSSR count). The summed E-state index contributed by atoms with van der Waals surface area (Å²) in [6, 6.07) is 14.7.